The van der Waals surface area contributed by atoms with Crippen LogP contribution in [-0.4, -0.2) is 16.7 Å². The first-order valence-corrected chi connectivity index (χ1v) is 10.1. The number of aromatic nitrogens is 1. The molecule has 4 rings (SSSR count). The average molecular weight is 405 g/mol. The second-order valence-electron chi connectivity index (χ2n) is 8.10. The molecule has 0 fully saturated rings. The van der Waals surface area contributed by atoms with Crippen LogP contribution in [0.2, 0.25) is 0 Å². The number of carbonyl (C=O) groups excluding carboxylic acids is 2. The lowest BCUT2D eigenvalue weighted by Crippen LogP contribution is -2.37. The molecule has 154 valence electrons. The fourth-order valence-corrected chi connectivity index (χ4v) is 4.35. The first-order valence-electron chi connectivity index (χ1n) is 10.1. The maximum absolute atomic E-state index is 14.1. The Labute approximate surface area is 175 Å². The molecule has 1 aromatic carbocycles. The van der Waals surface area contributed by atoms with Gasteiger partial charge in [0.25, 0.3) is 5.91 Å². The summed E-state index contributed by atoms with van der Waals surface area (Å²) in [5.74, 6) is -0.732. The predicted molar refractivity (Wildman–Crippen MR) is 113 cm³/mol. The average Bonchev–Trinajstić information content (AvgIpc) is 2.66. The van der Waals surface area contributed by atoms with Crippen molar-refractivity contribution in [3.05, 3.63) is 82.1 Å². The fraction of sp³-hybridized carbons (Fsp3) is 0.292. The van der Waals surface area contributed by atoms with Crippen LogP contribution in [0.3, 0.4) is 0 Å². The zero-order valence-corrected chi connectivity index (χ0v) is 17.3. The number of halogens is 1. The molecular formula is C24H24FN3O2. The fourth-order valence-electron chi connectivity index (χ4n) is 4.35. The molecule has 2 atom stereocenters. The normalized spacial score (nSPS) is 21.3. The third kappa shape index (κ3) is 3.77. The van der Waals surface area contributed by atoms with Crippen LogP contribution < -0.4 is 10.6 Å². The molecular weight excluding hydrogens is 381 g/mol. The van der Waals surface area contributed by atoms with Crippen LogP contribution >= 0.6 is 0 Å². The van der Waals surface area contributed by atoms with E-state index in [1.54, 1.807) is 18.2 Å². The molecule has 0 unspecified atom stereocenters. The number of amides is 1. The van der Waals surface area contributed by atoms with Gasteiger partial charge < -0.3 is 10.6 Å². The van der Waals surface area contributed by atoms with E-state index < -0.39 is 11.7 Å². The SMILES string of the molecule is CC1=C(C(=O)Nc2cccc(C)n2)[C@@H](c2cccc(F)c2)C2=C(C[C@H](C)CC2=O)N1. The molecule has 2 N–H and O–H groups in total. The molecule has 2 heterocycles. The number of benzene rings is 1. The van der Waals surface area contributed by atoms with E-state index in [4.69, 9.17) is 0 Å². The van der Waals surface area contributed by atoms with Crippen molar-refractivity contribution in [1.29, 1.82) is 0 Å². The summed E-state index contributed by atoms with van der Waals surface area (Å²) in [4.78, 5) is 30.7. The number of allylic oxidation sites excluding steroid dienone is 3. The number of hydrogen-bond donors (Lipinski definition) is 2. The van der Waals surface area contributed by atoms with E-state index in [-0.39, 0.29) is 17.6 Å². The molecule has 6 heteroatoms. The van der Waals surface area contributed by atoms with E-state index in [9.17, 15) is 14.0 Å². The second kappa shape index (κ2) is 7.86. The van der Waals surface area contributed by atoms with E-state index in [0.29, 0.717) is 34.6 Å². The van der Waals surface area contributed by atoms with Gasteiger partial charge in [-0.3, -0.25) is 9.59 Å². The van der Waals surface area contributed by atoms with Gasteiger partial charge in [0.05, 0.1) is 0 Å². The van der Waals surface area contributed by atoms with Gasteiger partial charge in [-0.25, -0.2) is 9.37 Å². The lowest BCUT2D eigenvalue weighted by atomic mass is 9.73. The third-order valence-corrected chi connectivity index (χ3v) is 5.59. The van der Waals surface area contributed by atoms with Crippen LogP contribution in [0.5, 0.6) is 0 Å². The lowest BCUT2D eigenvalue weighted by Gasteiger charge is -2.36. The summed E-state index contributed by atoms with van der Waals surface area (Å²) >= 11 is 0. The maximum Gasteiger partial charge on any atom is 0.255 e. The van der Waals surface area contributed by atoms with Crippen molar-refractivity contribution in [1.82, 2.24) is 10.3 Å². The highest BCUT2D eigenvalue weighted by Crippen LogP contribution is 2.43. The molecule has 1 amide bonds. The molecule has 5 nitrogen and oxygen atoms in total. The molecule has 0 saturated carbocycles. The Kier molecular flexibility index (Phi) is 5.24. The Morgan fingerprint density at radius 3 is 2.67 bits per heavy atom. The highest BCUT2D eigenvalue weighted by atomic mass is 19.1. The highest BCUT2D eigenvalue weighted by Gasteiger charge is 2.40. The summed E-state index contributed by atoms with van der Waals surface area (Å²) in [5.41, 5.74) is 3.83. The molecule has 1 aromatic heterocycles. The summed E-state index contributed by atoms with van der Waals surface area (Å²) in [7, 11) is 0. The van der Waals surface area contributed by atoms with Crippen LogP contribution in [0.15, 0.2) is 65.0 Å². The van der Waals surface area contributed by atoms with Crippen molar-refractivity contribution in [2.75, 3.05) is 5.32 Å². The summed E-state index contributed by atoms with van der Waals surface area (Å²) < 4.78 is 14.1. The molecule has 1 aliphatic carbocycles. The number of nitrogens with one attached hydrogen (secondary N) is 2. The number of anilines is 1. The van der Waals surface area contributed by atoms with E-state index >= 15 is 0 Å². The van der Waals surface area contributed by atoms with Crippen LogP contribution in [0.4, 0.5) is 10.2 Å². The van der Waals surface area contributed by atoms with Crippen LogP contribution in [0.25, 0.3) is 0 Å². The van der Waals surface area contributed by atoms with E-state index in [2.05, 4.69) is 15.6 Å². The van der Waals surface area contributed by atoms with Gasteiger partial charge in [-0.05, 0) is 56.0 Å². The van der Waals surface area contributed by atoms with Gasteiger partial charge in [0.15, 0.2) is 5.78 Å². The number of rotatable bonds is 3. The van der Waals surface area contributed by atoms with Crippen LogP contribution in [0, 0.1) is 18.7 Å². The van der Waals surface area contributed by atoms with Gasteiger partial charge in [0, 0.05) is 40.6 Å². The Hall–Kier alpha value is -3.28. The largest absolute Gasteiger partial charge is 0.362 e. The lowest BCUT2D eigenvalue weighted by molar-refractivity contribution is -0.117. The summed E-state index contributed by atoms with van der Waals surface area (Å²) in [5, 5.41) is 6.13. The highest BCUT2D eigenvalue weighted by molar-refractivity contribution is 6.09. The molecule has 30 heavy (non-hydrogen) atoms. The zero-order chi connectivity index (χ0) is 21.4. The number of aryl methyl sites for hydroxylation is 1. The molecule has 0 spiro atoms. The van der Waals surface area contributed by atoms with Gasteiger partial charge in [-0.2, -0.15) is 0 Å². The minimum atomic E-state index is -0.623. The summed E-state index contributed by atoms with van der Waals surface area (Å²) in [6.45, 7) is 5.69. The number of hydrogen-bond acceptors (Lipinski definition) is 4. The van der Waals surface area contributed by atoms with Gasteiger partial charge in [-0.1, -0.05) is 25.1 Å². The topological polar surface area (TPSA) is 71.1 Å². The predicted octanol–water partition coefficient (Wildman–Crippen LogP) is 4.38. The van der Waals surface area contributed by atoms with E-state index in [1.807, 2.05) is 32.9 Å². The minimum Gasteiger partial charge on any atom is -0.362 e. The Morgan fingerprint density at radius 1 is 1.17 bits per heavy atom. The summed E-state index contributed by atoms with van der Waals surface area (Å²) in [6.07, 6.45) is 1.14. The number of carbonyl (C=O) groups is 2. The van der Waals surface area contributed by atoms with Crippen molar-refractivity contribution >= 4 is 17.5 Å². The smallest absolute Gasteiger partial charge is 0.255 e. The first kappa shape index (κ1) is 20.0. The van der Waals surface area contributed by atoms with Gasteiger partial charge in [-0.15, -0.1) is 0 Å². The van der Waals surface area contributed by atoms with Gasteiger partial charge >= 0.3 is 0 Å². The molecule has 0 saturated heterocycles. The standard InChI is InChI=1S/C24H24FN3O2/c1-13-10-18-23(19(29)11-13)22(16-7-5-8-17(25)12-16)21(15(3)27-18)24(30)28-20-9-4-6-14(2)26-20/h4-9,12-13,22,27H,10-11H2,1-3H3,(H,26,28,30)/t13-,22+/m0/s1. The molecule has 2 aromatic rings. The van der Waals surface area contributed by atoms with E-state index in [0.717, 1.165) is 17.8 Å². The Balaban J connectivity index is 1.80. The number of ketones is 1. The number of Topliss-reactive ketones (excluding diaryl/α,β-unsaturated/α-hetero) is 1. The van der Waals surface area contributed by atoms with Crippen LogP contribution in [-0.2, 0) is 9.59 Å². The van der Waals surface area contributed by atoms with E-state index in [1.165, 1.54) is 12.1 Å². The molecule has 0 bridgehead atoms. The van der Waals surface area contributed by atoms with Crippen molar-refractivity contribution < 1.29 is 14.0 Å². The summed E-state index contributed by atoms with van der Waals surface area (Å²) in [6, 6.07) is 11.5. The first-order chi connectivity index (χ1) is 14.3. The molecule has 1 aliphatic heterocycles. The van der Waals surface area contributed by atoms with Gasteiger partial charge in [0.1, 0.15) is 11.6 Å². The van der Waals surface area contributed by atoms with Crippen molar-refractivity contribution in [3.8, 4) is 0 Å². The quantitative estimate of drug-likeness (QED) is 0.795. The third-order valence-electron chi connectivity index (χ3n) is 5.59. The van der Waals surface area contributed by atoms with Crippen molar-refractivity contribution in [2.45, 2.75) is 39.5 Å². The zero-order valence-electron chi connectivity index (χ0n) is 17.3. The molecule has 2 aliphatic rings. The second-order valence-corrected chi connectivity index (χ2v) is 8.10. The van der Waals surface area contributed by atoms with Crippen LogP contribution in [0.1, 0.15) is 43.9 Å². The number of dihydropyridines is 1. The minimum absolute atomic E-state index is 0.00279. The number of nitrogens with zero attached hydrogens (tertiary/aromatic N) is 1. The van der Waals surface area contributed by atoms with Crippen molar-refractivity contribution in [3.63, 3.8) is 0 Å². The van der Waals surface area contributed by atoms with Gasteiger partial charge in [0.2, 0.25) is 0 Å². The Morgan fingerprint density at radius 2 is 1.93 bits per heavy atom. The Bertz CT molecular complexity index is 1100. The monoisotopic (exact) mass is 405 g/mol. The maximum atomic E-state index is 14.1. The van der Waals surface area contributed by atoms with Crippen molar-refractivity contribution in [2.24, 2.45) is 5.92 Å². The molecule has 0 radical (unpaired) electrons. The number of pyridine rings is 1.